The number of aryl methyl sites for hydroxylation is 1. The maximum atomic E-state index is 13.1. The van der Waals surface area contributed by atoms with Crippen LogP contribution in [0.1, 0.15) is 10.5 Å². The number of fused-ring (bicyclic) bond motifs is 1. The standard InChI is InChI=1S/C19H15F3N6O2/c1-27-9-7-13(25-27)18(29)24-17-16-14(28(26-17)11-19(20,21)22)5-2-6-15(16)30-12-4-3-8-23-10-12/h2-10H,11H2,1H3,(H,24,26,29). The average molecular weight is 416 g/mol. The van der Waals surface area contributed by atoms with E-state index >= 15 is 0 Å². The second kappa shape index (κ2) is 7.50. The van der Waals surface area contributed by atoms with Crippen molar-refractivity contribution in [2.24, 2.45) is 7.05 Å². The zero-order chi connectivity index (χ0) is 21.3. The van der Waals surface area contributed by atoms with Gasteiger partial charge in [-0.05, 0) is 30.3 Å². The SMILES string of the molecule is Cn1ccc(C(=O)Nc2nn(CC(F)(F)F)c3cccc(Oc4cccnc4)c23)n1. The van der Waals surface area contributed by atoms with Crippen LogP contribution >= 0.6 is 0 Å². The number of ether oxygens (including phenoxy) is 1. The maximum Gasteiger partial charge on any atom is 0.408 e. The number of nitrogens with one attached hydrogen (secondary N) is 1. The first-order valence-electron chi connectivity index (χ1n) is 8.75. The van der Waals surface area contributed by atoms with Gasteiger partial charge in [-0.15, -0.1) is 0 Å². The van der Waals surface area contributed by atoms with Gasteiger partial charge >= 0.3 is 6.18 Å². The van der Waals surface area contributed by atoms with Gasteiger partial charge < -0.3 is 10.1 Å². The summed E-state index contributed by atoms with van der Waals surface area (Å²) in [7, 11) is 1.64. The van der Waals surface area contributed by atoms with Crippen LogP contribution in [0.25, 0.3) is 10.9 Å². The van der Waals surface area contributed by atoms with Gasteiger partial charge in [0.05, 0.1) is 17.1 Å². The van der Waals surface area contributed by atoms with Gasteiger partial charge in [0.2, 0.25) is 0 Å². The Balaban J connectivity index is 1.79. The number of pyridine rings is 1. The summed E-state index contributed by atoms with van der Waals surface area (Å²) >= 11 is 0. The Bertz CT molecular complexity index is 1200. The molecule has 4 aromatic rings. The minimum atomic E-state index is -4.50. The minimum absolute atomic E-state index is 0.0654. The van der Waals surface area contributed by atoms with Crippen LogP contribution in [0.3, 0.4) is 0 Å². The van der Waals surface area contributed by atoms with E-state index in [9.17, 15) is 18.0 Å². The summed E-state index contributed by atoms with van der Waals surface area (Å²) in [6, 6.07) is 9.39. The highest BCUT2D eigenvalue weighted by Crippen LogP contribution is 2.36. The van der Waals surface area contributed by atoms with Crippen molar-refractivity contribution >= 4 is 22.6 Å². The lowest BCUT2D eigenvalue weighted by atomic mass is 10.2. The molecular weight excluding hydrogens is 401 g/mol. The first-order chi connectivity index (χ1) is 14.3. The fraction of sp³-hybridized carbons (Fsp3) is 0.158. The third kappa shape index (κ3) is 4.09. The van der Waals surface area contributed by atoms with Gasteiger partial charge in [0.15, 0.2) is 11.5 Å². The number of nitrogens with zero attached hydrogens (tertiary/aromatic N) is 5. The van der Waals surface area contributed by atoms with Gasteiger partial charge in [0, 0.05) is 19.4 Å². The van der Waals surface area contributed by atoms with Crippen molar-refractivity contribution in [3.8, 4) is 11.5 Å². The van der Waals surface area contributed by atoms with E-state index in [4.69, 9.17) is 4.74 Å². The molecule has 3 aromatic heterocycles. The van der Waals surface area contributed by atoms with Gasteiger partial charge in [0.1, 0.15) is 18.0 Å². The van der Waals surface area contributed by atoms with E-state index in [1.165, 1.54) is 23.0 Å². The predicted molar refractivity (Wildman–Crippen MR) is 101 cm³/mol. The normalized spacial score (nSPS) is 11.6. The Morgan fingerprint density at radius 2 is 2.00 bits per heavy atom. The molecule has 0 aliphatic heterocycles. The third-order valence-corrected chi connectivity index (χ3v) is 4.11. The van der Waals surface area contributed by atoms with Crippen LogP contribution in [0.4, 0.5) is 19.0 Å². The van der Waals surface area contributed by atoms with Gasteiger partial charge in [-0.2, -0.15) is 23.4 Å². The molecule has 8 nitrogen and oxygen atoms in total. The fourth-order valence-corrected chi connectivity index (χ4v) is 2.90. The van der Waals surface area contributed by atoms with E-state index < -0.39 is 18.6 Å². The summed E-state index contributed by atoms with van der Waals surface area (Å²) in [6.45, 7) is -1.32. The molecule has 0 radical (unpaired) electrons. The Kier molecular flexibility index (Phi) is 4.86. The Hall–Kier alpha value is -3.89. The number of hydrogen-bond donors (Lipinski definition) is 1. The van der Waals surface area contributed by atoms with Crippen LogP contribution in [0.2, 0.25) is 0 Å². The number of aromatic nitrogens is 5. The summed E-state index contributed by atoms with van der Waals surface area (Å²) in [6.07, 6.45) is 0.103. The van der Waals surface area contributed by atoms with Crippen molar-refractivity contribution < 1.29 is 22.7 Å². The van der Waals surface area contributed by atoms with Gasteiger partial charge in [0.25, 0.3) is 5.91 Å². The van der Waals surface area contributed by atoms with Crippen molar-refractivity contribution in [1.29, 1.82) is 0 Å². The topological polar surface area (TPSA) is 86.9 Å². The molecule has 1 amide bonds. The molecule has 0 spiro atoms. The van der Waals surface area contributed by atoms with E-state index in [0.29, 0.717) is 5.75 Å². The number of halogens is 3. The molecule has 0 saturated carbocycles. The number of hydrogen-bond acceptors (Lipinski definition) is 5. The lowest BCUT2D eigenvalue weighted by Crippen LogP contribution is -2.19. The predicted octanol–water partition coefficient (Wildman–Crippen LogP) is 3.77. The smallest absolute Gasteiger partial charge is 0.408 e. The molecule has 3 heterocycles. The number of rotatable bonds is 5. The maximum absolute atomic E-state index is 13.1. The first kappa shape index (κ1) is 19.4. The Morgan fingerprint density at radius 1 is 1.17 bits per heavy atom. The van der Waals surface area contributed by atoms with Crippen molar-refractivity contribution in [1.82, 2.24) is 24.5 Å². The molecule has 154 valence electrons. The van der Waals surface area contributed by atoms with Gasteiger partial charge in [-0.1, -0.05) is 6.07 Å². The van der Waals surface area contributed by atoms with E-state index in [1.807, 2.05) is 0 Å². The quantitative estimate of drug-likeness (QED) is 0.535. The van der Waals surface area contributed by atoms with Crippen molar-refractivity contribution in [2.45, 2.75) is 12.7 Å². The van der Waals surface area contributed by atoms with Crippen LogP contribution in [-0.4, -0.2) is 36.6 Å². The molecule has 0 saturated heterocycles. The Morgan fingerprint density at radius 3 is 2.67 bits per heavy atom. The Labute approximate surface area is 167 Å². The van der Waals surface area contributed by atoms with E-state index in [0.717, 1.165) is 4.68 Å². The molecule has 0 unspecified atom stereocenters. The van der Waals surface area contributed by atoms with Crippen LogP contribution in [-0.2, 0) is 13.6 Å². The number of carbonyl (C=O) groups is 1. The fourth-order valence-electron chi connectivity index (χ4n) is 2.90. The van der Waals surface area contributed by atoms with Crippen LogP contribution in [0.5, 0.6) is 11.5 Å². The van der Waals surface area contributed by atoms with Crippen molar-refractivity contribution in [3.05, 3.63) is 60.7 Å². The summed E-state index contributed by atoms with van der Waals surface area (Å²) in [4.78, 5) is 16.5. The minimum Gasteiger partial charge on any atom is -0.455 e. The number of alkyl halides is 3. The number of carbonyl (C=O) groups excluding carboxylic acids is 1. The zero-order valence-corrected chi connectivity index (χ0v) is 15.6. The molecule has 30 heavy (non-hydrogen) atoms. The molecule has 0 fully saturated rings. The number of anilines is 1. The lowest BCUT2D eigenvalue weighted by molar-refractivity contribution is -0.141. The van der Waals surface area contributed by atoms with Gasteiger partial charge in [-0.25, -0.2) is 0 Å². The molecule has 0 aliphatic rings. The largest absolute Gasteiger partial charge is 0.455 e. The highest BCUT2D eigenvalue weighted by atomic mass is 19.4. The van der Waals surface area contributed by atoms with Crippen molar-refractivity contribution in [3.63, 3.8) is 0 Å². The van der Waals surface area contributed by atoms with E-state index in [2.05, 4.69) is 20.5 Å². The van der Waals surface area contributed by atoms with Crippen molar-refractivity contribution in [2.75, 3.05) is 5.32 Å². The van der Waals surface area contributed by atoms with Gasteiger partial charge in [-0.3, -0.25) is 19.1 Å². The highest BCUT2D eigenvalue weighted by Gasteiger charge is 2.31. The van der Waals surface area contributed by atoms with Crippen LogP contribution in [0.15, 0.2) is 55.0 Å². The zero-order valence-electron chi connectivity index (χ0n) is 15.6. The highest BCUT2D eigenvalue weighted by molar-refractivity contribution is 6.08. The molecule has 4 rings (SSSR count). The average Bonchev–Trinajstić information content (AvgIpc) is 3.26. The lowest BCUT2D eigenvalue weighted by Gasteiger charge is -2.09. The van der Waals surface area contributed by atoms with E-state index in [-0.39, 0.29) is 28.2 Å². The molecule has 0 aliphatic carbocycles. The molecule has 11 heteroatoms. The summed E-state index contributed by atoms with van der Waals surface area (Å²) in [5, 5.41) is 10.7. The third-order valence-electron chi connectivity index (χ3n) is 4.11. The summed E-state index contributed by atoms with van der Waals surface area (Å²) in [5.41, 5.74) is 0.256. The molecule has 1 aromatic carbocycles. The second-order valence-electron chi connectivity index (χ2n) is 6.39. The molecule has 1 N–H and O–H groups in total. The summed E-state index contributed by atoms with van der Waals surface area (Å²) in [5.74, 6) is -0.0597. The van der Waals surface area contributed by atoms with Crippen LogP contribution < -0.4 is 10.1 Å². The molecular formula is C19H15F3N6O2. The number of benzene rings is 1. The summed E-state index contributed by atoms with van der Waals surface area (Å²) < 4.78 is 47.2. The molecule has 0 atom stereocenters. The molecule has 0 bridgehead atoms. The number of amides is 1. The first-order valence-corrected chi connectivity index (χ1v) is 8.75. The van der Waals surface area contributed by atoms with E-state index in [1.54, 1.807) is 43.7 Å². The monoisotopic (exact) mass is 416 g/mol. The second-order valence-corrected chi connectivity index (χ2v) is 6.39. The van der Waals surface area contributed by atoms with Crippen LogP contribution in [0, 0.1) is 0 Å².